The number of nitrogens with one attached hydrogen (secondary N) is 2. The number of ether oxygens (including phenoxy) is 1. The van der Waals surface area contributed by atoms with Crippen molar-refractivity contribution < 1.29 is 14.3 Å². The first-order valence-corrected chi connectivity index (χ1v) is 9.68. The highest BCUT2D eigenvalue weighted by molar-refractivity contribution is 6.30. The maximum atomic E-state index is 12.4. The average molecular weight is 432 g/mol. The van der Waals surface area contributed by atoms with Crippen LogP contribution in [0.25, 0.3) is 6.08 Å². The number of rotatable bonds is 7. The number of amides is 2. The molecule has 0 fully saturated rings. The van der Waals surface area contributed by atoms with Crippen LogP contribution in [0.5, 0.6) is 5.75 Å². The molecule has 0 saturated heterocycles. The number of carbonyl (C=O) groups excluding carboxylic acids is 2. The van der Waals surface area contributed by atoms with E-state index in [2.05, 4.69) is 10.6 Å². The second-order valence-electron chi connectivity index (χ2n) is 6.37. The Labute approximate surface area is 184 Å². The summed E-state index contributed by atoms with van der Waals surface area (Å²) in [7, 11) is 0. The van der Waals surface area contributed by atoms with Gasteiger partial charge in [0.2, 0.25) is 0 Å². The van der Waals surface area contributed by atoms with Crippen LogP contribution in [0.4, 0.5) is 11.4 Å². The molecule has 0 aliphatic rings. The number of anilines is 2. The molecule has 0 aromatic heterocycles. The van der Waals surface area contributed by atoms with E-state index in [-0.39, 0.29) is 18.1 Å². The predicted molar refractivity (Wildman–Crippen MR) is 121 cm³/mol. The fourth-order valence-corrected chi connectivity index (χ4v) is 2.75. The van der Waals surface area contributed by atoms with Gasteiger partial charge in [0.05, 0.1) is 0 Å². The zero-order chi connectivity index (χ0) is 22.1. The fraction of sp³-hybridized carbons (Fsp3) is 0.0417. The van der Waals surface area contributed by atoms with E-state index in [1.807, 2.05) is 12.1 Å². The summed E-state index contributed by atoms with van der Waals surface area (Å²) in [6.45, 7) is -0.244. The molecule has 2 amide bonds. The summed E-state index contributed by atoms with van der Waals surface area (Å²) < 4.78 is 5.61. The van der Waals surface area contributed by atoms with Crippen molar-refractivity contribution in [3.05, 3.63) is 95.0 Å². The van der Waals surface area contributed by atoms with Gasteiger partial charge in [0, 0.05) is 22.0 Å². The molecule has 0 bridgehead atoms. The summed E-state index contributed by atoms with van der Waals surface area (Å²) in [5.74, 6) is -0.526. The van der Waals surface area contributed by atoms with Crippen LogP contribution >= 0.6 is 11.6 Å². The Balaban J connectivity index is 1.68. The van der Waals surface area contributed by atoms with Crippen molar-refractivity contribution in [2.75, 3.05) is 17.2 Å². The van der Waals surface area contributed by atoms with Crippen molar-refractivity contribution in [2.24, 2.45) is 0 Å². The van der Waals surface area contributed by atoms with Gasteiger partial charge >= 0.3 is 0 Å². The Bertz CT molecular complexity index is 1140. The van der Waals surface area contributed by atoms with Crippen LogP contribution in [0.15, 0.2) is 84.4 Å². The molecule has 0 heterocycles. The third kappa shape index (κ3) is 6.46. The molecule has 3 aromatic carbocycles. The van der Waals surface area contributed by atoms with Gasteiger partial charge in [-0.25, -0.2) is 0 Å². The summed E-state index contributed by atoms with van der Waals surface area (Å²) in [6.07, 6.45) is 1.42. The number of carbonyl (C=O) groups is 2. The highest BCUT2D eigenvalue weighted by Gasteiger charge is 2.12. The van der Waals surface area contributed by atoms with Gasteiger partial charge in [-0.3, -0.25) is 9.59 Å². The van der Waals surface area contributed by atoms with Gasteiger partial charge in [0.1, 0.15) is 17.4 Å². The number of hydrogen-bond donors (Lipinski definition) is 2. The zero-order valence-electron chi connectivity index (χ0n) is 16.3. The van der Waals surface area contributed by atoms with E-state index in [1.54, 1.807) is 72.8 Å². The molecule has 154 valence electrons. The Hall–Kier alpha value is -4.08. The zero-order valence-corrected chi connectivity index (χ0v) is 17.1. The molecular weight excluding hydrogens is 414 g/mol. The molecule has 0 aliphatic carbocycles. The van der Waals surface area contributed by atoms with E-state index < -0.39 is 5.91 Å². The number of nitrogens with zero attached hydrogens (tertiary/aromatic N) is 1. The summed E-state index contributed by atoms with van der Waals surface area (Å²) in [4.78, 5) is 24.6. The van der Waals surface area contributed by atoms with Crippen molar-refractivity contribution in [3.63, 3.8) is 0 Å². The topological polar surface area (TPSA) is 91.2 Å². The lowest BCUT2D eigenvalue weighted by Gasteiger charge is -2.10. The Morgan fingerprint density at radius 3 is 2.26 bits per heavy atom. The monoisotopic (exact) mass is 431 g/mol. The first-order chi connectivity index (χ1) is 15.0. The van der Waals surface area contributed by atoms with E-state index in [0.717, 1.165) is 0 Å². The smallest absolute Gasteiger partial charge is 0.266 e. The maximum absolute atomic E-state index is 12.4. The van der Waals surface area contributed by atoms with E-state index in [4.69, 9.17) is 16.3 Å². The van der Waals surface area contributed by atoms with Crippen LogP contribution in [0.3, 0.4) is 0 Å². The highest BCUT2D eigenvalue weighted by atomic mass is 35.5. The lowest BCUT2D eigenvalue weighted by atomic mass is 10.1. The van der Waals surface area contributed by atoms with Crippen LogP contribution in [0, 0.1) is 11.3 Å². The van der Waals surface area contributed by atoms with Gasteiger partial charge in [-0.15, -0.1) is 0 Å². The number of benzene rings is 3. The quantitative estimate of drug-likeness (QED) is 0.411. The molecule has 0 radical (unpaired) electrons. The standard InChI is InChI=1S/C24H18ClN3O3/c25-19-10-12-21(13-11-19)27-23(29)16-31-22-9-5-4-6-17(22)14-18(15-26)24(30)28-20-7-2-1-3-8-20/h1-14H,16H2,(H,27,29)(H,28,30)/b18-14+. The Morgan fingerprint density at radius 1 is 0.903 bits per heavy atom. The fourth-order valence-electron chi connectivity index (χ4n) is 2.63. The van der Waals surface area contributed by atoms with E-state index in [1.165, 1.54) is 6.08 Å². The minimum atomic E-state index is -0.538. The molecule has 0 unspecified atom stereocenters. The van der Waals surface area contributed by atoms with E-state index in [9.17, 15) is 14.9 Å². The van der Waals surface area contributed by atoms with Gasteiger partial charge in [0.15, 0.2) is 6.61 Å². The molecule has 7 heteroatoms. The third-order valence-corrected chi connectivity index (χ3v) is 4.35. The summed E-state index contributed by atoms with van der Waals surface area (Å²) >= 11 is 5.83. The molecule has 0 spiro atoms. The van der Waals surface area contributed by atoms with Crippen LogP contribution < -0.4 is 15.4 Å². The molecule has 6 nitrogen and oxygen atoms in total. The largest absolute Gasteiger partial charge is 0.483 e. The number of halogens is 1. The maximum Gasteiger partial charge on any atom is 0.266 e. The Kier molecular flexibility index (Phi) is 7.41. The lowest BCUT2D eigenvalue weighted by molar-refractivity contribution is -0.118. The third-order valence-electron chi connectivity index (χ3n) is 4.10. The van der Waals surface area contributed by atoms with Gasteiger partial charge in [-0.1, -0.05) is 48.0 Å². The van der Waals surface area contributed by atoms with Crippen molar-refractivity contribution in [3.8, 4) is 11.8 Å². The van der Waals surface area contributed by atoms with Crippen LogP contribution in [0.1, 0.15) is 5.56 Å². The summed E-state index contributed by atoms with van der Waals surface area (Å²) in [5, 5.41) is 15.4. The number of para-hydroxylation sites is 2. The van der Waals surface area contributed by atoms with Gasteiger partial charge in [-0.05, 0) is 48.5 Å². The van der Waals surface area contributed by atoms with Crippen molar-refractivity contribution in [1.29, 1.82) is 5.26 Å². The van der Waals surface area contributed by atoms with E-state index >= 15 is 0 Å². The van der Waals surface area contributed by atoms with Crippen LogP contribution in [0.2, 0.25) is 5.02 Å². The average Bonchev–Trinajstić information content (AvgIpc) is 2.79. The first-order valence-electron chi connectivity index (χ1n) is 9.30. The first kappa shape index (κ1) is 21.6. The molecule has 2 N–H and O–H groups in total. The van der Waals surface area contributed by atoms with Gasteiger partial charge in [-0.2, -0.15) is 5.26 Å². The molecule has 0 aliphatic heterocycles. The van der Waals surface area contributed by atoms with E-state index in [0.29, 0.717) is 27.7 Å². The molecular formula is C24H18ClN3O3. The normalized spacial score (nSPS) is 10.6. The predicted octanol–water partition coefficient (Wildman–Crippen LogP) is 4.90. The van der Waals surface area contributed by atoms with Crippen LogP contribution in [-0.2, 0) is 9.59 Å². The van der Waals surface area contributed by atoms with Gasteiger partial charge in [0.25, 0.3) is 11.8 Å². The minimum absolute atomic E-state index is 0.0921. The highest BCUT2D eigenvalue weighted by Crippen LogP contribution is 2.22. The lowest BCUT2D eigenvalue weighted by Crippen LogP contribution is -2.20. The second-order valence-corrected chi connectivity index (χ2v) is 6.81. The second kappa shape index (κ2) is 10.6. The molecule has 3 aromatic rings. The van der Waals surface area contributed by atoms with Crippen molar-refractivity contribution >= 4 is 40.9 Å². The van der Waals surface area contributed by atoms with Gasteiger partial charge < -0.3 is 15.4 Å². The number of hydrogen-bond acceptors (Lipinski definition) is 4. The molecule has 0 atom stereocenters. The molecule has 3 rings (SSSR count). The minimum Gasteiger partial charge on any atom is -0.483 e. The molecule has 0 saturated carbocycles. The molecule has 31 heavy (non-hydrogen) atoms. The van der Waals surface area contributed by atoms with Crippen molar-refractivity contribution in [1.82, 2.24) is 0 Å². The summed E-state index contributed by atoms with van der Waals surface area (Å²) in [6, 6.07) is 24.3. The SMILES string of the molecule is N#C/C(=C\c1ccccc1OCC(=O)Nc1ccc(Cl)cc1)C(=O)Nc1ccccc1. The van der Waals surface area contributed by atoms with Crippen LogP contribution in [-0.4, -0.2) is 18.4 Å². The van der Waals surface area contributed by atoms with Crippen molar-refractivity contribution in [2.45, 2.75) is 0 Å². The number of nitriles is 1. The Morgan fingerprint density at radius 2 is 1.55 bits per heavy atom. The summed E-state index contributed by atoms with van der Waals surface area (Å²) in [5.41, 5.74) is 1.58.